The molecule has 0 saturated carbocycles. The Bertz CT molecular complexity index is 250. The Morgan fingerprint density at radius 2 is 1.94 bits per heavy atom. The Morgan fingerprint density at radius 1 is 1.44 bits per heavy atom. The molecule has 92 valence electrons. The van der Waals surface area contributed by atoms with Gasteiger partial charge in [-0.15, -0.1) is 0 Å². The van der Waals surface area contributed by atoms with Crippen molar-refractivity contribution in [3.8, 4) is 6.07 Å². The van der Waals surface area contributed by atoms with E-state index in [0.29, 0.717) is 12.8 Å². The average Bonchev–Trinajstić information content (AvgIpc) is 2.25. The van der Waals surface area contributed by atoms with Crippen LogP contribution < -0.4 is 5.32 Å². The van der Waals surface area contributed by atoms with Crippen LogP contribution in [0.15, 0.2) is 0 Å². The Hall–Kier alpha value is -1.08. The largest absolute Gasteiger partial charge is 0.392 e. The molecule has 0 radical (unpaired) electrons. The van der Waals surface area contributed by atoms with Crippen molar-refractivity contribution in [2.75, 3.05) is 6.54 Å². The molecule has 0 saturated heterocycles. The van der Waals surface area contributed by atoms with Gasteiger partial charge in [0, 0.05) is 6.54 Å². The maximum atomic E-state index is 11.9. The molecule has 0 aliphatic heterocycles. The van der Waals surface area contributed by atoms with Crippen LogP contribution >= 0.6 is 0 Å². The van der Waals surface area contributed by atoms with Gasteiger partial charge in [-0.3, -0.25) is 4.79 Å². The number of hydrogen-bond donors (Lipinski definition) is 2. The zero-order chi connectivity index (χ0) is 12.6. The molecule has 0 rings (SSSR count). The van der Waals surface area contributed by atoms with Crippen molar-refractivity contribution >= 4 is 5.91 Å². The third kappa shape index (κ3) is 4.19. The summed E-state index contributed by atoms with van der Waals surface area (Å²) < 4.78 is 0. The van der Waals surface area contributed by atoms with Gasteiger partial charge in [0.25, 0.3) is 0 Å². The van der Waals surface area contributed by atoms with Crippen LogP contribution in [0.25, 0.3) is 0 Å². The maximum Gasteiger partial charge on any atom is 0.240 e. The van der Waals surface area contributed by atoms with Gasteiger partial charge in [-0.05, 0) is 19.8 Å². The lowest BCUT2D eigenvalue weighted by molar-refractivity contribution is -0.129. The summed E-state index contributed by atoms with van der Waals surface area (Å²) in [6.07, 6.45) is 2.17. The standard InChI is InChI=1S/C12H22N2O2/c1-4-6-12(9-13,7-5-2)11(16)14-8-10(3)15/h10,15H,4-8H2,1-3H3,(H,14,16)/t10-/m0/s1. The first-order valence-electron chi connectivity index (χ1n) is 5.90. The maximum absolute atomic E-state index is 11.9. The van der Waals surface area contributed by atoms with E-state index in [1.807, 2.05) is 13.8 Å². The van der Waals surface area contributed by atoms with Crippen LogP contribution in [0.5, 0.6) is 0 Å². The normalized spacial score (nSPS) is 12.9. The first-order chi connectivity index (χ1) is 7.52. The molecule has 4 nitrogen and oxygen atoms in total. The van der Waals surface area contributed by atoms with E-state index in [1.165, 1.54) is 0 Å². The molecule has 4 heteroatoms. The first kappa shape index (κ1) is 14.9. The topological polar surface area (TPSA) is 73.1 Å². The van der Waals surface area contributed by atoms with E-state index >= 15 is 0 Å². The first-order valence-corrected chi connectivity index (χ1v) is 5.90. The van der Waals surface area contributed by atoms with E-state index < -0.39 is 11.5 Å². The van der Waals surface area contributed by atoms with E-state index in [-0.39, 0.29) is 12.5 Å². The summed E-state index contributed by atoms with van der Waals surface area (Å²) >= 11 is 0. The van der Waals surface area contributed by atoms with E-state index in [0.717, 1.165) is 12.8 Å². The Balaban J connectivity index is 4.61. The summed E-state index contributed by atoms with van der Waals surface area (Å²) in [5, 5.41) is 20.9. The van der Waals surface area contributed by atoms with Crippen molar-refractivity contribution in [2.24, 2.45) is 5.41 Å². The Kier molecular flexibility index (Phi) is 6.75. The predicted molar refractivity (Wildman–Crippen MR) is 62.6 cm³/mol. The minimum Gasteiger partial charge on any atom is -0.392 e. The third-order valence-corrected chi connectivity index (χ3v) is 2.56. The molecule has 0 fully saturated rings. The fraction of sp³-hybridized carbons (Fsp3) is 0.833. The van der Waals surface area contributed by atoms with Crippen LogP contribution in [0.3, 0.4) is 0 Å². The zero-order valence-electron chi connectivity index (χ0n) is 10.4. The van der Waals surface area contributed by atoms with Crippen LogP contribution in [0, 0.1) is 16.7 Å². The second kappa shape index (κ2) is 7.24. The van der Waals surface area contributed by atoms with Crippen LogP contribution in [-0.2, 0) is 4.79 Å². The highest BCUT2D eigenvalue weighted by Gasteiger charge is 2.36. The molecule has 0 aliphatic rings. The molecule has 2 N–H and O–H groups in total. The summed E-state index contributed by atoms with van der Waals surface area (Å²) in [7, 11) is 0. The molecule has 0 unspecified atom stereocenters. The fourth-order valence-electron chi connectivity index (χ4n) is 1.78. The van der Waals surface area contributed by atoms with Gasteiger partial charge < -0.3 is 10.4 Å². The lowest BCUT2D eigenvalue weighted by atomic mass is 9.80. The van der Waals surface area contributed by atoms with Crippen molar-refractivity contribution in [3.05, 3.63) is 0 Å². The summed E-state index contributed by atoms with van der Waals surface area (Å²) in [5.41, 5.74) is -0.918. The molecular formula is C12H22N2O2. The molecule has 0 spiro atoms. The molecule has 0 bridgehead atoms. The van der Waals surface area contributed by atoms with E-state index in [4.69, 9.17) is 5.11 Å². The van der Waals surface area contributed by atoms with E-state index in [2.05, 4.69) is 11.4 Å². The van der Waals surface area contributed by atoms with E-state index in [1.54, 1.807) is 6.92 Å². The molecule has 0 aromatic heterocycles. The van der Waals surface area contributed by atoms with Gasteiger partial charge in [-0.2, -0.15) is 5.26 Å². The second-order valence-corrected chi connectivity index (χ2v) is 4.25. The van der Waals surface area contributed by atoms with Crippen LogP contribution in [0.2, 0.25) is 0 Å². The fourth-order valence-corrected chi connectivity index (χ4v) is 1.78. The van der Waals surface area contributed by atoms with Crippen LogP contribution in [0.1, 0.15) is 46.5 Å². The molecule has 0 aliphatic carbocycles. The predicted octanol–water partition coefficient (Wildman–Crippen LogP) is 1.59. The SMILES string of the molecule is CCCC(C#N)(CCC)C(=O)NC[C@H](C)O. The van der Waals surface area contributed by atoms with Gasteiger partial charge in [0.2, 0.25) is 5.91 Å². The minimum absolute atomic E-state index is 0.204. The summed E-state index contributed by atoms with van der Waals surface area (Å²) in [6.45, 7) is 5.73. The molecule has 0 heterocycles. The smallest absolute Gasteiger partial charge is 0.240 e. The van der Waals surface area contributed by atoms with Crippen molar-refractivity contribution in [1.82, 2.24) is 5.32 Å². The van der Waals surface area contributed by atoms with Gasteiger partial charge in [0.05, 0.1) is 12.2 Å². The van der Waals surface area contributed by atoms with E-state index in [9.17, 15) is 10.1 Å². The van der Waals surface area contributed by atoms with Gasteiger partial charge in [0.1, 0.15) is 5.41 Å². The number of amides is 1. The quantitative estimate of drug-likeness (QED) is 0.692. The third-order valence-electron chi connectivity index (χ3n) is 2.56. The average molecular weight is 226 g/mol. The van der Waals surface area contributed by atoms with Crippen molar-refractivity contribution in [1.29, 1.82) is 5.26 Å². The number of rotatable bonds is 7. The zero-order valence-corrected chi connectivity index (χ0v) is 10.4. The van der Waals surface area contributed by atoms with Crippen LogP contribution in [0.4, 0.5) is 0 Å². The molecule has 1 atom stereocenters. The summed E-state index contributed by atoms with van der Waals surface area (Å²) in [4.78, 5) is 11.9. The highest BCUT2D eigenvalue weighted by atomic mass is 16.3. The van der Waals surface area contributed by atoms with Crippen molar-refractivity contribution < 1.29 is 9.90 Å². The molecule has 16 heavy (non-hydrogen) atoms. The van der Waals surface area contributed by atoms with Gasteiger partial charge >= 0.3 is 0 Å². The van der Waals surface area contributed by atoms with Gasteiger partial charge in [-0.25, -0.2) is 0 Å². The molecule has 0 aromatic rings. The number of nitrogens with one attached hydrogen (secondary N) is 1. The number of hydrogen-bond acceptors (Lipinski definition) is 3. The highest BCUT2D eigenvalue weighted by molar-refractivity contribution is 5.85. The number of aliphatic hydroxyl groups is 1. The lowest BCUT2D eigenvalue weighted by Gasteiger charge is -2.24. The van der Waals surface area contributed by atoms with Gasteiger partial charge in [0.15, 0.2) is 0 Å². The molecular weight excluding hydrogens is 204 g/mol. The Labute approximate surface area is 97.7 Å². The van der Waals surface area contributed by atoms with Crippen molar-refractivity contribution in [3.63, 3.8) is 0 Å². The molecule has 1 amide bonds. The lowest BCUT2D eigenvalue weighted by Crippen LogP contribution is -2.42. The second-order valence-electron chi connectivity index (χ2n) is 4.25. The Morgan fingerprint density at radius 3 is 2.25 bits per heavy atom. The van der Waals surface area contributed by atoms with Crippen molar-refractivity contribution in [2.45, 2.75) is 52.6 Å². The summed E-state index contributed by atoms with van der Waals surface area (Å²) in [5.74, 6) is -0.250. The summed E-state index contributed by atoms with van der Waals surface area (Å²) in [6, 6.07) is 2.15. The number of nitriles is 1. The number of aliphatic hydroxyl groups excluding tert-OH is 1. The number of carbonyl (C=O) groups is 1. The minimum atomic E-state index is -0.918. The number of nitrogens with zero attached hydrogens (tertiary/aromatic N) is 1. The number of carbonyl (C=O) groups excluding carboxylic acids is 1. The molecule has 0 aromatic carbocycles. The highest BCUT2D eigenvalue weighted by Crippen LogP contribution is 2.29. The van der Waals surface area contributed by atoms with Gasteiger partial charge in [-0.1, -0.05) is 26.7 Å². The van der Waals surface area contributed by atoms with Crippen LogP contribution in [-0.4, -0.2) is 23.7 Å². The monoisotopic (exact) mass is 226 g/mol.